The van der Waals surface area contributed by atoms with Crippen LogP contribution in [-0.4, -0.2) is 10.8 Å². The Kier molecular flexibility index (Phi) is 3.04. The van der Waals surface area contributed by atoms with Crippen LogP contribution in [0.1, 0.15) is 12.5 Å². The molecular formula is C9H7BrN2O. The van der Waals surface area contributed by atoms with Crippen LogP contribution in [0.5, 0.6) is 0 Å². The van der Waals surface area contributed by atoms with Gasteiger partial charge in [-0.25, -0.2) is 4.98 Å². The summed E-state index contributed by atoms with van der Waals surface area (Å²) in [4.78, 5) is 14.4. The fraction of sp³-hybridized carbons (Fsp3) is 0.111. The number of ketones is 1. The van der Waals surface area contributed by atoms with Crippen molar-refractivity contribution >= 4 is 27.5 Å². The van der Waals surface area contributed by atoms with Crippen LogP contribution in [0.2, 0.25) is 0 Å². The molecule has 1 aromatic heterocycles. The number of hydrogen-bond donors (Lipinski definition) is 1. The number of halogens is 1. The molecule has 0 spiro atoms. The molecule has 0 bridgehead atoms. The van der Waals surface area contributed by atoms with Gasteiger partial charge in [-0.2, -0.15) is 0 Å². The second kappa shape index (κ2) is 4.06. The molecule has 0 amide bonds. The number of anilines is 1. The fourth-order valence-corrected chi connectivity index (χ4v) is 1.04. The number of pyridine rings is 1. The minimum Gasteiger partial charge on any atom is -0.383 e. The van der Waals surface area contributed by atoms with Crippen LogP contribution < -0.4 is 5.73 Å². The summed E-state index contributed by atoms with van der Waals surface area (Å²) in [5.41, 5.74) is 6.09. The molecule has 0 atom stereocenters. The molecule has 1 heterocycles. The third kappa shape index (κ3) is 2.88. The fourth-order valence-electron chi connectivity index (χ4n) is 0.705. The van der Waals surface area contributed by atoms with Crippen molar-refractivity contribution in [2.45, 2.75) is 6.92 Å². The maximum Gasteiger partial charge on any atom is 0.202 e. The maximum atomic E-state index is 10.6. The van der Waals surface area contributed by atoms with Crippen molar-refractivity contribution in [2.75, 3.05) is 5.73 Å². The molecule has 0 aliphatic carbocycles. The van der Waals surface area contributed by atoms with Crippen LogP contribution in [0.3, 0.4) is 0 Å². The zero-order valence-corrected chi connectivity index (χ0v) is 8.55. The monoisotopic (exact) mass is 238 g/mol. The number of aromatic nitrogens is 1. The van der Waals surface area contributed by atoms with Gasteiger partial charge in [-0.15, -0.1) is 0 Å². The summed E-state index contributed by atoms with van der Waals surface area (Å²) in [5, 5.41) is 0. The molecule has 4 heteroatoms. The predicted octanol–water partition coefficient (Wildman–Crippen LogP) is 1.37. The van der Waals surface area contributed by atoms with Gasteiger partial charge in [0.1, 0.15) is 5.82 Å². The van der Waals surface area contributed by atoms with Gasteiger partial charge in [0.05, 0.1) is 5.56 Å². The average Bonchev–Trinajstić information content (AvgIpc) is 2.06. The summed E-state index contributed by atoms with van der Waals surface area (Å²) in [5.74, 6) is 5.17. The van der Waals surface area contributed by atoms with Crippen molar-refractivity contribution < 1.29 is 4.79 Å². The maximum absolute atomic E-state index is 10.6. The van der Waals surface area contributed by atoms with Gasteiger partial charge < -0.3 is 5.73 Å². The first-order valence-corrected chi connectivity index (χ1v) is 4.32. The Morgan fingerprint density at radius 2 is 2.38 bits per heavy atom. The van der Waals surface area contributed by atoms with Gasteiger partial charge in [-0.3, -0.25) is 4.79 Å². The minimum absolute atomic E-state index is 0.195. The third-order valence-corrected chi connectivity index (χ3v) is 1.69. The highest BCUT2D eigenvalue weighted by Crippen LogP contribution is 2.13. The van der Waals surface area contributed by atoms with E-state index in [1.165, 1.54) is 6.92 Å². The molecule has 13 heavy (non-hydrogen) atoms. The van der Waals surface area contributed by atoms with Crippen LogP contribution in [0.25, 0.3) is 0 Å². The van der Waals surface area contributed by atoms with Gasteiger partial charge in [-0.1, -0.05) is 5.92 Å². The van der Waals surface area contributed by atoms with Crippen molar-refractivity contribution in [1.82, 2.24) is 4.98 Å². The Balaban J connectivity index is 3.09. The highest BCUT2D eigenvalue weighted by atomic mass is 79.9. The summed E-state index contributed by atoms with van der Waals surface area (Å²) in [6.45, 7) is 1.40. The number of hydrogen-bond acceptors (Lipinski definition) is 3. The summed E-state index contributed by atoms with van der Waals surface area (Å²) >= 11 is 3.23. The number of nitrogens with two attached hydrogens (primary N) is 1. The molecule has 66 valence electrons. The molecule has 0 aromatic carbocycles. The Morgan fingerprint density at radius 1 is 1.69 bits per heavy atom. The molecular weight excluding hydrogens is 232 g/mol. The molecule has 0 fully saturated rings. The van der Waals surface area contributed by atoms with E-state index < -0.39 is 0 Å². The summed E-state index contributed by atoms with van der Waals surface area (Å²) < 4.78 is 0.787. The lowest BCUT2D eigenvalue weighted by Crippen LogP contribution is -1.94. The van der Waals surface area contributed by atoms with Crippen LogP contribution in [0.15, 0.2) is 16.7 Å². The predicted molar refractivity (Wildman–Crippen MR) is 53.9 cm³/mol. The summed E-state index contributed by atoms with van der Waals surface area (Å²) in [6, 6.07) is 1.72. The number of carbonyl (C=O) groups excluding carboxylic acids is 1. The molecule has 0 saturated carbocycles. The van der Waals surface area contributed by atoms with Crippen LogP contribution >= 0.6 is 15.9 Å². The highest BCUT2D eigenvalue weighted by Gasteiger charge is 1.97. The second-order valence-electron chi connectivity index (χ2n) is 2.39. The average molecular weight is 239 g/mol. The van der Waals surface area contributed by atoms with Crippen molar-refractivity contribution in [3.8, 4) is 11.8 Å². The first-order valence-electron chi connectivity index (χ1n) is 3.53. The van der Waals surface area contributed by atoms with Crippen molar-refractivity contribution in [3.05, 3.63) is 22.3 Å². The van der Waals surface area contributed by atoms with Gasteiger partial charge in [0.25, 0.3) is 0 Å². The number of nitrogen functional groups attached to an aromatic ring is 1. The van der Waals surface area contributed by atoms with E-state index in [4.69, 9.17) is 5.73 Å². The first kappa shape index (κ1) is 9.75. The lowest BCUT2D eigenvalue weighted by Gasteiger charge is -1.96. The molecule has 0 aliphatic rings. The van der Waals surface area contributed by atoms with Gasteiger partial charge in [0.2, 0.25) is 5.78 Å². The molecule has 3 nitrogen and oxygen atoms in total. The Hall–Kier alpha value is -1.34. The standard InChI is InChI=1S/C9H7BrN2O/c1-6(13)2-3-7-4-8(10)5-12-9(7)11/h4-5H,1H3,(H2,11,12). The largest absolute Gasteiger partial charge is 0.383 e. The van der Waals surface area contributed by atoms with Crippen molar-refractivity contribution in [1.29, 1.82) is 0 Å². The molecule has 0 radical (unpaired) electrons. The molecule has 1 aromatic rings. The molecule has 0 saturated heterocycles. The topological polar surface area (TPSA) is 56.0 Å². The molecule has 0 aliphatic heterocycles. The van der Waals surface area contributed by atoms with Crippen LogP contribution in [0.4, 0.5) is 5.82 Å². The quantitative estimate of drug-likeness (QED) is 0.695. The molecule has 1 rings (SSSR count). The lowest BCUT2D eigenvalue weighted by atomic mass is 10.2. The SMILES string of the molecule is CC(=O)C#Cc1cc(Br)cnc1N. The van der Waals surface area contributed by atoms with E-state index in [0.717, 1.165) is 4.47 Å². The number of nitrogens with zero attached hydrogens (tertiary/aromatic N) is 1. The van der Waals surface area contributed by atoms with E-state index in [9.17, 15) is 4.79 Å². The van der Waals surface area contributed by atoms with E-state index in [2.05, 4.69) is 32.8 Å². The smallest absolute Gasteiger partial charge is 0.202 e. The highest BCUT2D eigenvalue weighted by molar-refractivity contribution is 9.10. The van der Waals surface area contributed by atoms with Gasteiger partial charge in [0.15, 0.2) is 0 Å². The third-order valence-electron chi connectivity index (χ3n) is 1.26. The van der Waals surface area contributed by atoms with Gasteiger partial charge >= 0.3 is 0 Å². The Bertz CT molecular complexity index is 404. The minimum atomic E-state index is -0.195. The first-order chi connectivity index (χ1) is 6.09. The van der Waals surface area contributed by atoms with E-state index in [1.54, 1.807) is 12.3 Å². The lowest BCUT2D eigenvalue weighted by molar-refractivity contribution is -0.111. The Labute approximate surface area is 84.5 Å². The van der Waals surface area contributed by atoms with Gasteiger partial charge in [-0.05, 0) is 27.9 Å². The Morgan fingerprint density at radius 3 is 3.00 bits per heavy atom. The molecule has 0 unspecified atom stereocenters. The van der Waals surface area contributed by atoms with E-state index in [1.807, 2.05) is 0 Å². The second-order valence-corrected chi connectivity index (χ2v) is 3.31. The van der Waals surface area contributed by atoms with E-state index in [0.29, 0.717) is 11.4 Å². The number of carbonyl (C=O) groups is 1. The van der Waals surface area contributed by atoms with Crippen molar-refractivity contribution in [2.24, 2.45) is 0 Å². The number of rotatable bonds is 0. The zero-order chi connectivity index (χ0) is 9.84. The number of Topliss-reactive ketones (excluding diaryl/α,β-unsaturated/α-hetero) is 1. The zero-order valence-electron chi connectivity index (χ0n) is 6.97. The van der Waals surface area contributed by atoms with Crippen LogP contribution in [-0.2, 0) is 4.79 Å². The summed E-state index contributed by atoms with van der Waals surface area (Å²) in [7, 11) is 0. The molecule has 2 N–H and O–H groups in total. The van der Waals surface area contributed by atoms with E-state index in [-0.39, 0.29) is 5.78 Å². The summed E-state index contributed by atoms with van der Waals surface area (Å²) in [6.07, 6.45) is 1.58. The van der Waals surface area contributed by atoms with E-state index >= 15 is 0 Å². The van der Waals surface area contributed by atoms with Crippen molar-refractivity contribution in [3.63, 3.8) is 0 Å². The normalized spacial score (nSPS) is 8.77. The van der Waals surface area contributed by atoms with Gasteiger partial charge in [0, 0.05) is 17.6 Å². The van der Waals surface area contributed by atoms with Crippen LogP contribution in [0, 0.1) is 11.8 Å².